The van der Waals surface area contributed by atoms with E-state index >= 15 is 0 Å². The summed E-state index contributed by atoms with van der Waals surface area (Å²) in [5.74, 6) is -0.229. The van der Waals surface area contributed by atoms with Crippen molar-refractivity contribution in [3.8, 4) is 5.75 Å². The number of phenols is 1. The van der Waals surface area contributed by atoms with Crippen LogP contribution in [-0.4, -0.2) is 39.7 Å². The van der Waals surface area contributed by atoms with Gasteiger partial charge in [0, 0.05) is 17.1 Å². The van der Waals surface area contributed by atoms with Crippen molar-refractivity contribution >= 4 is 33.6 Å². The molecule has 124 valence electrons. The highest BCUT2D eigenvalue weighted by Crippen LogP contribution is 2.36. The van der Waals surface area contributed by atoms with Gasteiger partial charge in [-0.05, 0) is 48.8 Å². The molecule has 0 heterocycles. The summed E-state index contributed by atoms with van der Waals surface area (Å²) < 4.78 is 5.31. The lowest BCUT2D eigenvalue weighted by Gasteiger charge is -2.22. The molecule has 0 spiro atoms. The maximum Gasteiger partial charge on any atom is 0.407 e. The number of ether oxygens (including phenoxy) is 1. The number of phenolic OH excluding ortho intramolecular Hbond substituents is 1. The Labute approximate surface area is 142 Å². The van der Waals surface area contributed by atoms with Crippen molar-refractivity contribution < 1.29 is 24.9 Å². The lowest BCUT2D eigenvalue weighted by Crippen LogP contribution is -2.38. The van der Waals surface area contributed by atoms with E-state index in [1.807, 2.05) is 0 Å². The number of amides is 1. The van der Waals surface area contributed by atoms with Gasteiger partial charge in [-0.25, -0.2) is 4.79 Å². The third-order valence-electron chi connectivity index (χ3n) is 2.60. The van der Waals surface area contributed by atoms with Crippen LogP contribution in [0.3, 0.4) is 0 Å². The Morgan fingerprint density at radius 3 is 2.55 bits per heavy atom. The Morgan fingerprint density at radius 1 is 1.41 bits per heavy atom. The van der Waals surface area contributed by atoms with Gasteiger partial charge in [-0.3, -0.25) is 0 Å². The first-order valence-electron chi connectivity index (χ1n) is 6.52. The molecule has 1 aromatic carbocycles. The lowest BCUT2D eigenvalue weighted by atomic mass is 10.0. The zero-order chi connectivity index (χ0) is 17.1. The van der Waals surface area contributed by atoms with E-state index in [2.05, 4.69) is 21.2 Å². The van der Waals surface area contributed by atoms with Crippen molar-refractivity contribution in [2.75, 3.05) is 6.54 Å². The predicted octanol–water partition coefficient (Wildman–Crippen LogP) is 2.73. The van der Waals surface area contributed by atoms with Gasteiger partial charge in [0.1, 0.15) is 23.6 Å². The number of carbonyl (C=O) groups excluding carboxylic acids is 1. The number of halogens is 2. The zero-order valence-corrected chi connectivity index (χ0v) is 14.8. The summed E-state index contributed by atoms with van der Waals surface area (Å²) in [5, 5.41) is 32.5. The van der Waals surface area contributed by atoms with E-state index < -0.39 is 23.9 Å². The van der Waals surface area contributed by atoms with E-state index in [0.29, 0.717) is 4.47 Å². The largest absolute Gasteiger partial charge is 0.506 e. The molecule has 1 aromatic rings. The van der Waals surface area contributed by atoms with Crippen molar-refractivity contribution in [1.82, 2.24) is 5.32 Å². The summed E-state index contributed by atoms with van der Waals surface area (Å²) in [6, 6.07) is 2.79. The number of aromatic hydroxyl groups is 1. The van der Waals surface area contributed by atoms with E-state index in [-0.39, 0.29) is 22.9 Å². The van der Waals surface area contributed by atoms with Crippen LogP contribution in [0.5, 0.6) is 5.75 Å². The van der Waals surface area contributed by atoms with Crippen molar-refractivity contribution in [2.24, 2.45) is 0 Å². The van der Waals surface area contributed by atoms with Gasteiger partial charge in [0.15, 0.2) is 0 Å². The minimum atomic E-state index is -1.43. The summed E-state index contributed by atoms with van der Waals surface area (Å²) in [5.41, 5.74) is -0.609. The van der Waals surface area contributed by atoms with Crippen LogP contribution in [-0.2, 0) is 4.74 Å². The van der Waals surface area contributed by atoms with Gasteiger partial charge < -0.3 is 25.4 Å². The lowest BCUT2D eigenvalue weighted by molar-refractivity contribution is 0.0119. The zero-order valence-electron chi connectivity index (χ0n) is 12.4. The molecule has 0 radical (unpaired) electrons. The van der Waals surface area contributed by atoms with Crippen LogP contribution in [0.2, 0.25) is 5.02 Å². The van der Waals surface area contributed by atoms with Gasteiger partial charge >= 0.3 is 6.09 Å². The Hall–Kier alpha value is -1.02. The number of hydrogen-bond donors (Lipinski definition) is 4. The Bertz CT molecular complexity index is 547. The van der Waals surface area contributed by atoms with Crippen LogP contribution < -0.4 is 5.32 Å². The van der Waals surface area contributed by atoms with Gasteiger partial charge in [0.2, 0.25) is 0 Å². The molecule has 0 saturated carbocycles. The minimum Gasteiger partial charge on any atom is -0.506 e. The smallest absolute Gasteiger partial charge is 0.407 e. The number of nitrogens with one attached hydrogen (secondary N) is 1. The summed E-state index contributed by atoms with van der Waals surface area (Å²) in [6.45, 7) is 4.87. The first kappa shape index (κ1) is 19.0. The number of benzene rings is 1. The van der Waals surface area contributed by atoms with Crippen molar-refractivity contribution in [1.29, 1.82) is 0 Å². The van der Waals surface area contributed by atoms with Gasteiger partial charge in [-0.1, -0.05) is 11.6 Å². The summed E-state index contributed by atoms with van der Waals surface area (Å²) in [6.07, 6.45) is -3.48. The minimum absolute atomic E-state index is 0.0536. The van der Waals surface area contributed by atoms with Crippen LogP contribution in [0.25, 0.3) is 0 Å². The predicted molar refractivity (Wildman–Crippen MR) is 86.0 cm³/mol. The summed E-state index contributed by atoms with van der Waals surface area (Å²) in [7, 11) is 0. The van der Waals surface area contributed by atoms with Crippen LogP contribution in [0.15, 0.2) is 16.6 Å². The molecule has 0 aliphatic heterocycles. The molecule has 1 rings (SSSR count). The van der Waals surface area contributed by atoms with Crippen LogP contribution in [0.4, 0.5) is 4.79 Å². The molecule has 0 fully saturated rings. The average molecular weight is 397 g/mol. The van der Waals surface area contributed by atoms with E-state index in [1.54, 1.807) is 20.8 Å². The Kier molecular flexibility index (Phi) is 6.49. The summed E-state index contributed by atoms with van der Waals surface area (Å²) in [4.78, 5) is 11.5. The molecule has 8 heteroatoms. The Morgan fingerprint density at radius 2 is 2.00 bits per heavy atom. The number of hydrogen-bond acceptors (Lipinski definition) is 5. The first-order chi connectivity index (χ1) is 10.0. The quantitative estimate of drug-likeness (QED) is 0.627. The monoisotopic (exact) mass is 395 g/mol. The van der Waals surface area contributed by atoms with Gasteiger partial charge in [-0.2, -0.15) is 0 Å². The van der Waals surface area contributed by atoms with Gasteiger partial charge in [0.05, 0.1) is 4.47 Å². The molecule has 0 bridgehead atoms. The average Bonchev–Trinajstić information content (AvgIpc) is 2.37. The number of rotatable bonds is 4. The molecule has 2 atom stereocenters. The van der Waals surface area contributed by atoms with Crippen LogP contribution in [0, 0.1) is 0 Å². The standard InChI is InChI=1S/C14H19BrClNO5/c1-14(2,3)22-13(21)17-6-10(18)12(20)8-4-7(16)5-9(15)11(8)19/h4-5,10,12,18-20H,6H2,1-3H3,(H,17,21). The highest BCUT2D eigenvalue weighted by molar-refractivity contribution is 9.10. The summed E-state index contributed by atoms with van der Waals surface area (Å²) >= 11 is 8.94. The normalized spacial score (nSPS) is 14.3. The highest BCUT2D eigenvalue weighted by Gasteiger charge is 2.24. The molecule has 4 N–H and O–H groups in total. The number of aliphatic hydroxyl groups excluding tert-OH is 2. The fourth-order valence-corrected chi connectivity index (χ4v) is 2.47. The highest BCUT2D eigenvalue weighted by atomic mass is 79.9. The third-order valence-corrected chi connectivity index (χ3v) is 3.42. The molecule has 0 saturated heterocycles. The van der Waals surface area contributed by atoms with E-state index in [4.69, 9.17) is 16.3 Å². The topological polar surface area (TPSA) is 99.0 Å². The molecule has 0 aromatic heterocycles. The number of carbonyl (C=O) groups is 1. The fraction of sp³-hybridized carbons (Fsp3) is 0.500. The molecule has 0 aliphatic rings. The second kappa shape index (κ2) is 7.50. The second-order valence-corrected chi connectivity index (χ2v) is 7.01. The molecular formula is C14H19BrClNO5. The second-order valence-electron chi connectivity index (χ2n) is 5.72. The van der Waals surface area contributed by atoms with Crippen LogP contribution >= 0.6 is 27.5 Å². The van der Waals surface area contributed by atoms with Crippen molar-refractivity contribution in [3.05, 3.63) is 27.2 Å². The molecule has 6 nitrogen and oxygen atoms in total. The maximum absolute atomic E-state index is 11.5. The molecule has 2 unspecified atom stereocenters. The third kappa shape index (κ3) is 5.64. The van der Waals surface area contributed by atoms with E-state index in [9.17, 15) is 20.1 Å². The van der Waals surface area contributed by atoms with E-state index in [0.717, 1.165) is 0 Å². The Balaban J connectivity index is 2.70. The fourth-order valence-electron chi connectivity index (χ4n) is 1.63. The SMILES string of the molecule is CC(C)(C)OC(=O)NCC(O)C(O)c1cc(Cl)cc(Br)c1O. The molecule has 0 aliphatic carbocycles. The number of aliphatic hydroxyl groups is 2. The molecule has 22 heavy (non-hydrogen) atoms. The number of alkyl carbamates (subject to hydrolysis) is 1. The van der Waals surface area contributed by atoms with Crippen LogP contribution in [0.1, 0.15) is 32.4 Å². The van der Waals surface area contributed by atoms with Crippen molar-refractivity contribution in [3.63, 3.8) is 0 Å². The first-order valence-corrected chi connectivity index (χ1v) is 7.69. The molecular weight excluding hydrogens is 378 g/mol. The van der Waals surface area contributed by atoms with Crippen molar-refractivity contribution in [2.45, 2.75) is 38.6 Å². The molecule has 1 amide bonds. The van der Waals surface area contributed by atoms with E-state index in [1.165, 1.54) is 12.1 Å². The van der Waals surface area contributed by atoms with Gasteiger partial charge in [0.25, 0.3) is 0 Å². The maximum atomic E-state index is 11.5. The van der Waals surface area contributed by atoms with Gasteiger partial charge in [-0.15, -0.1) is 0 Å².